The van der Waals surface area contributed by atoms with Gasteiger partial charge in [-0.25, -0.2) is 0 Å². The number of carbonyl (C=O) groups excluding carboxylic acids is 1. The first-order valence-electron chi connectivity index (χ1n) is 8.16. The van der Waals surface area contributed by atoms with E-state index < -0.39 is 10.8 Å². The Balaban J connectivity index is 1.56. The first kappa shape index (κ1) is 16.7. The van der Waals surface area contributed by atoms with Crippen LogP contribution < -0.4 is 5.32 Å². The van der Waals surface area contributed by atoms with Crippen molar-refractivity contribution in [2.45, 2.75) is 24.3 Å². The molecular weight excluding hydrogens is 318 g/mol. The van der Waals surface area contributed by atoms with Gasteiger partial charge in [-0.15, -0.1) is 0 Å². The topological polar surface area (TPSA) is 46.2 Å². The van der Waals surface area contributed by atoms with Crippen LogP contribution in [0, 0.1) is 5.92 Å². The highest BCUT2D eigenvalue weighted by Crippen LogP contribution is 2.29. The summed E-state index contributed by atoms with van der Waals surface area (Å²) in [7, 11) is -0.971. The molecule has 1 amide bonds. The summed E-state index contributed by atoms with van der Waals surface area (Å²) >= 11 is 0. The van der Waals surface area contributed by atoms with E-state index in [0.29, 0.717) is 17.4 Å². The largest absolute Gasteiger partial charge is 0.323 e. The molecule has 0 aromatic heterocycles. The van der Waals surface area contributed by atoms with Crippen LogP contribution >= 0.6 is 0 Å². The van der Waals surface area contributed by atoms with Crippen LogP contribution in [0.2, 0.25) is 0 Å². The van der Waals surface area contributed by atoms with Gasteiger partial charge in [-0.2, -0.15) is 0 Å². The fourth-order valence-electron chi connectivity index (χ4n) is 2.43. The highest BCUT2D eigenvalue weighted by molar-refractivity contribution is 7.83. The summed E-state index contributed by atoms with van der Waals surface area (Å²) in [5, 5.41) is 2.86. The Bertz CT molecular complexity index is 751. The zero-order chi connectivity index (χ0) is 16.8. The van der Waals surface area contributed by atoms with Crippen LogP contribution in [0.25, 0.3) is 0 Å². The maximum Gasteiger partial charge on any atom is 0.248 e. The lowest BCUT2D eigenvalue weighted by Gasteiger charge is -2.06. The van der Waals surface area contributed by atoms with Crippen molar-refractivity contribution in [3.8, 4) is 0 Å². The molecule has 24 heavy (non-hydrogen) atoms. The Hall–Kier alpha value is -2.20. The lowest BCUT2D eigenvalue weighted by Crippen LogP contribution is -2.08. The average molecular weight is 339 g/mol. The van der Waals surface area contributed by atoms with Crippen molar-refractivity contribution in [2.75, 3.05) is 5.32 Å². The van der Waals surface area contributed by atoms with Gasteiger partial charge in [-0.1, -0.05) is 48.5 Å². The number of allylic oxidation sites excluding steroid dienone is 1. The van der Waals surface area contributed by atoms with Gasteiger partial charge in [0.1, 0.15) is 0 Å². The molecule has 1 aliphatic carbocycles. The molecule has 0 radical (unpaired) electrons. The summed E-state index contributed by atoms with van der Waals surface area (Å²) in [6.45, 7) is 0. The van der Waals surface area contributed by atoms with Gasteiger partial charge in [0, 0.05) is 28.0 Å². The van der Waals surface area contributed by atoms with Gasteiger partial charge in [-0.05, 0) is 48.1 Å². The minimum Gasteiger partial charge on any atom is -0.323 e. The molecule has 0 saturated heterocycles. The minimum atomic E-state index is -0.971. The number of carbonyl (C=O) groups is 1. The molecule has 3 nitrogen and oxygen atoms in total. The molecule has 0 heterocycles. The summed E-state index contributed by atoms with van der Waals surface area (Å²) in [4.78, 5) is 11.9. The van der Waals surface area contributed by atoms with Gasteiger partial charge < -0.3 is 5.32 Å². The van der Waals surface area contributed by atoms with E-state index in [9.17, 15) is 9.00 Å². The molecule has 1 saturated carbocycles. The maximum atomic E-state index is 12.3. The molecule has 1 fully saturated rings. The average Bonchev–Trinajstić information content (AvgIpc) is 3.38. The van der Waals surface area contributed by atoms with Crippen molar-refractivity contribution in [3.05, 3.63) is 77.9 Å². The molecule has 0 spiro atoms. The Morgan fingerprint density at radius 3 is 2.50 bits per heavy atom. The van der Waals surface area contributed by atoms with E-state index in [1.165, 1.54) is 12.8 Å². The molecule has 3 rings (SSSR count). The van der Waals surface area contributed by atoms with Gasteiger partial charge in [0.2, 0.25) is 5.91 Å². The fraction of sp³-hybridized carbons (Fsp3) is 0.250. The third-order valence-electron chi connectivity index (χ3n) is 3.83. The molecule has 1 N–H and O–H groups in total. The zero-order valence-electron chi connectivity index (χ0n) is 13.5. The van der Waals surface area contributed by atoms with Gasteiger partial charge in [0.05, 0.1) is 0 Å². The van der Waals surface area contributed by atoms with Crippen LogP contribution in [0.15, 0.2) is 66.7 Å². The van der Waals surface area contributed by atoms with Gasteiger partial charge >= 0.3 is 0 Å². The number of hydrogen-bond acceptors (Lipinski definition) is 2. The minimum absolute atomic E-state index is 0.107. The smallest absolute Gasteiger partial charge is 0.248 e. The second-order valence-electron chi connectivity index (χ2n) is 6.10. The van der Waals surface area contributed by atoms with E-state index in [0.717, 1.165) is 16.8 Å². The number of amides is 1. The van der Waals surface area contributed by atoms with Crippen molar-refractivity contribution in [1.29, 1.82) is 0 Å². The maximum absolute atomic E-state index is 12.3. The summed E-state index contributed by atoms with van der Waals surface area (Å²) in [5.74, 6) is 1.50. The van der Waals surface area contributed by atoms with Crippen molar-refractivity contribution in [3.63, 3.8) is 0 Å². The van der Waals surface area contributed by atoms with E-state index in [2.05, 4.69) is 5.32 Å². The van der Waals surface area contributed by atoms with Gasteiger partial charge in [0.25, 0.3) is 0 Å². The quantitative estimate of drug-likeness (QED) is 0.774. The monoisotopic (exact) mass is 339 g/mol. The molecule has 4 heteroatoms. The van der Waals surface area contributed by atoms with Crippen LogP contribution in [0.1, 0.15) is 24.0 Å². The SMILES string of the molecule is O=C(/C=C/C1CC1)Nc1cccc(C[S@@](=O)Cc2ccccc2)c1. The Morgan fingerprint density at radius 2 is 1.75 bits per heavy atom. The second-order valence-corrected chi connectivity index (χ2v) is 7.56. The second kappa shape index (κ2) is 8.06. The normalized spacial score (nSPS) is 15.3. The predicted octanol–water partition coefficient (Wildman–Crippen LogP) is 4.04. The molecule has 2 aromatic rings. The van der Waals surface area contributed by atoms with Crippen molar-refractivity contribution < 1.29 is 9.00 Å². The third kappa shape index (κ3) is 5.46. The number of rotatable bonds is 7. The third-order valence-corrected chi connectivity index (χ3v) is 5.15. The standard InChI is InChI=1S/C20H21NO2S/c22-20(12-11-16-9-10-16)21-19-8-4-7-18(13-19)15-24(23)14-17-5-2-1-3-6-17/h1-8,11-13,16H,9-10,14-15H2,(H,21,22)/b12-11+/t24-/m0/s1. The van der Waals surface area contributed by atoms with Crippen LogP contribution in [0.5, 0.6) is 0 Å². The summed E-state index contributed by atoms with van der Waals surface area (Å²) in [5.41, 5.74) is 2.79. The molecule has 1 aliphatic rings. The first-order chi connectivity index (χ1) is 11.7. The summed E-state index contributed by atoms with van der Waals surface area (Å²) < 4.78 is 12.3. The predicted molar refractivity (Wildman–Crippen MR) is 98.9 cm³/mol. The lowest BCUT2D eigenvalue weighted by atomic mass is 10.2. The van der Waals surface area contributed by atoms with E-state index in [4.69, 9.17) is 0 Å². The van der Waals surface area contributed by atoms with Gasteiger partial charge in [-0.3, -0.25) is 9.00 Å². The lowest BCUT2D eigenvalue weighted by molar-refractivity contribution is -0.111. The highest BCUT2D eigenvalue weighted by atomic mass is 32.2. The van der Waals surface area contributed by atoms with Crippen molar-refractivity contribution >= 4 is 22.4 Å². The zero-order valence-corrected chi connectivity index (χ0v) is 14.3. The number of hydrogen-bond donors (Lipinski definition) is 1. The number of benzene rings is 2. The molecule has 124 valence electrons. The van der Waals surface area contributed by atoms with Crippen LogP contribution in [0.3, 0.4) is 0 Å². The van der Waals surface area contributed by atoms with Crippen molar-refractivity contribution in [1.82, 2.24) is 0 Å². The van der Waals surface area contributed by atoms with Gasteiger partial charge in [0.15, 0.2) is 0 Å². The summed E-state index contributed by atoms with van der Waals surface area (Å²) in [6.07, 6.45) is 5.95. The van der Waals surface area contributed by atoms with E-state index in [-0.39, 0.29) is 5.91 Å². The fourth-order valence-corrected chi connectivity index (χ4v) is 3.65. The van der Waals surface area contributed by atoms with Crippen LogP contribution in [-0.2, 0) is 27.1 Å². The molecule has 0 unspecified atom stereocenters. The Kier molecular flexibility index (Phi) is 5.59. The van der Waals surface area contributed by atoms with E-state index >= 15 is 0 Å². The molecule has 2 aromatic carbocycles. The van der Waals surface area contributed by atoms with Crippen molar-refractivity contribution in [2.24, 2.45) is 5.92 Å². The summed E-state index contributed by atoms with van der Waals surface area (Å²) in [6, 6.07) is 17.4. The number of anilines is 1. The van der Waals surface area contributed by atoms with Crippen LogP contribution in [0.4, 0.5) is 5.69 Å². The highest BCUT2D eigenvalue weighted by Gasteiger charge is 2.17. The molecule has 0 aliphatic heterocycles. The first-order valence-corrected chi connectivity index (χ1v) is 9.65. The molecular formula is C20H21NO2S. The Morgan fingerprint density at radius 1 is 1.04 bits per heavy atom. The molecule has 1 atom stereocenters. The van der Waals surface area contributed by atoms with E-state index in [1.54, 1.807) is 6.08 Å². The van der Waals surface area contributed by atoms with Crippen LogP contribution in [-0.4, -0.2) is 10.1 Å². The molecule has 0 bridgehead atoms. The Labute approximate surface area is 145 Å². The van der Waals surface area contributed by atoms with E-state index in [1.807, 2.05) is 60.7 Å². The number of nitrogens with one attached hydrogen (secondary N) is 1.